The van der Waals surface area contributed by atoms with Crippen LogP contribution in [0.1, 0.15) is 71.0 Å². The van der Waals surface area contributed by atoms with Gasteiger partial charge in [0.25, 0.3) is 0 Å². The van der Waals surface area contributed by atoms with E-state index >= 15 is 0 Å². The summed E-state index contributed by atoms with van der Waals surface area (Å²) in [4.78, 5) is 25.1. The van der Waals surface area contributed by atoms with Gasteiger partial charge < -0.3 is 9.47 Å². The fraction of sp³-hybridized carbons (Fsp3) is 0.259. The van der Waals surface area contributed by atoms with Gasteiger partial charge in [0.2, 0.25) is 0 Å². The van der Waals surface area contributed by atoms with Crippen LogP contribution in [-0.4, -0.2) is 11.9 Å². The molecular weight excluding hydrogens is 388 g/mol. The molecule has 160 valence electrons. The SMILES string of the molecule is CCc1ccc(C(=O)Oc2ccc(OC(=O)c3ccc(CC)cc3)c(C(C)C)c2)cc1. The first-order valence-corrected chi connectivity index (χ1v) is 10.7. The lowest BCUT2D eigenvalue weighted by Crippen LogP contribution is -2.12. The zero-order valence-corrected chi connectivity index (χ0v) is 18.5. The molecule has 0 radical (unpaired) electrons. The van der Waals surface area contributed by atoms with Crippen molar-refractivity contribution in [1.82, 2.24) is 0 Å². The summed E-state index contributed by atoms with van der Waals surface area (Å²) >= 11 is 0. The Labute approximate surface area is 183 Å². The van der Waals surface area contributed by atoms with Crippen LogP contribution < -0.4 is 9.47 Å². The molecule has 0 aromatic heterocycles. The number of aryl methyl sites for hydroxylation is 2. The molecule has 0 N–H and O–H groups in total. The van der Waals surface area contributed by atoms with Crippen molar-refractivity contribution in [2.24, 2.45) is 0 Å². The standard InChI is InChI=1S/C27H28O4/c1-5-19-7-11-21(12-8-19)26(28)30-23-15-16-25(24(17-23)18(3)4)31-27(29)22-13-9-20(6-2)10-14-22/h7-18H,5-6H2,1-4H3. The van der Waals surface area contributed by atoms with E-state index in [-0.39, 0.29) is 5.92 Å². The number of rotatable bonds is 7. The molecule has 0 atom stereocenters. The zero-order chi connectivity index (χ0) is 22.4. The molecule has 0 aliphatic heterocycles. The molecule has 0 aliphatic rings. The Morgan fingerprint density at radius 3 is 1.65 bits per heavy atom. The second-order valence-corrected chi connectivity index (χ2v) is 7.73. The summed E-state index contributed by atoms with van der Waals surface area (Å²) < 4.78 is 11.2. The van der Waals surface area contributed by atoms with Gasteiger partial charge in [-0.3, -0.25) is 0 Å². The van der Waals surface area contributed by atoms with Crippen LogP contribution in [-0.2, 0) is 12.8 Å². The molecule has 0 spiro atoms. The number of benzene rings is 3. The van der Waals surface area contributed by atoms with Gasteiger partial charge in [-0.25, -0.2) is 9.59 Å². The van der Waals surface area contributed by atoms with Crippen molar-refractivity contribution in [3.05, 3.63) is 94.5 Å². The van der Waals surface area contributed by atoms with Gasteiger partial charge in [-0.1, -0.05) is 52.0 Å². The fourth-order valence-corrected chi connectivity index (χ4v) is 3.21. The van der Waals surface area contributed by atoms with Crippen molar-refractivity contribution in [3.63, 3.8) is 0 Å². The molecule has 0 saturated heterocycles. The number of carbonyl (C=O) groups is 2. The Balaban J connectivity index is 1.76. The highest BCUT2D eigenvalue weighted by Crippen LogP contribution is 2.31. The number of carbonyl (C=O) groups excluding carboxylic acids is 2. The van der Waals surface area contributed by atoms with Gasteiger partial charge in [0, 0.05) is 5.56 Å². The van der Waals surface area contributed by atoms with Crippen molar-refractivity contribution in [3.8, 4) is 11.5 Å². The largest absolute Gasteiger partial charge is 0.423 e. The molecule has 0 bridgehead atoms. The molecule has 4 heteroatoms. The third kappa shape index (κ3) is 5.60. The van der Waals surface area contributed by atoms with Gasteiger partial charge in [0.15, 0.2) is 0 Å². The average molecular weight is 417 g/mol. The molecular formula is C27H28O4. The molecule has 31 heavy (non-hydrogen) atoms. The average Bonchev–Trinajstić information content (AvgIpc) is 2.79. The van der Waals surface area contributed by atoms with E-state index in [4.69, 9.17) is 9.47 Å². The first-order valence-electron chi connectivity index (χ1n) is 10.7. The first kappa shape index (κ1) is 22.3. The Hall–Kier alpha value is -3.40. The van der Waals surface area contributed by atoms with Crippen molar-refractivity contribution in [2.45, 2.75) is 46.5 Å². The Kier molecular flexibility index (Phi) is 7.24. The number of ether oxygens (including phenoxy) is 2. The normalized spacial score (nSPS) is 10.7. The molecule has 0 aliphatic carbocycles. The van der Waals surface area contributed by atoms with Crippen LogP contribution in [0.5, 0.6) is 11.5 Å². The Bertz CT molecular complexity index is 1050. The molecule has 0 saturated carbocycles. The fourth-order valence-electron chi connectivity index (χ4n) is 3.21. The quantitative estimate of drug-likeness (QED) is 0.331. The van der Waals surface area contributed by atoms with Crippen LogP contribution in [0, 0.1) is 0 Å². The Morgan fingerprint density at radius 2 is 1.19 bits per heavy atom. The van der Waals surface area contributed by atoms with E-state index in [9.17, 15) is 9.59 Å². The summed E-state index contributed by atoms with van der Waals surface area (Å²) in [6, 6.07) is 19.9. The maximum absolute atomic E-state index is 12.6. The van der Waals surface area contributed by atoms with Crippen molar-refractivity contribution >= 4 is 11.9 Å². The summed E-state index contributed by atoms with van der Waals surface area (Å²) in [5.41, 5.74) is 4.11. The van der Waals surface area contributed by atoms with E-state index in [1.165, 1.54) is 0 Å². The minimum absolute atomic E-state index is 0.0766. The second-order valence-electron chi connectivity index (χ2n) is 7.73. The number of esters is 2. The molecule has 4 nitrogen and oxygen atoms in total. The summed E-state index contributed by atoms with van der Waals surface area (Å²) in [5.74, 6) is 0.128. The lowest BCUT2D eigenvalue weighted by molar-refractivity contribution is 0.0717. The van der Waals surface area contributed by atoms with Crippen molar-refractivity contribution in [1.29, 1.82) is 0 Å². The van der Waals surface area contributed by atoms with E-state index in [2.05, 4.69) is 13.8 Å². The van der Waals surface area contributed by atoms with Gasteiger partial charge in [-0.2, -0.15) is 0 Å². The van der Waals surface area contributed by atoms with Crippen LogP contribution in [0.2, 0.25) is 0 Å². The van der Waals surface area contributed by atoms with E-state index in [0.29, 0.717) is 22.6 Å². The summed E-state index contributed by atoms with van der Waals surface area (Å²) in [5, 5.41) is 0. The third-order valence-electron chi connectivity index (χ3n) is 5.21. The highest BCUT2D eigenvalue weighted by Gasteiger charge is 2.16. The van der Waals surface area contributed by atoms with Gasteiger partial charge >= 0.3 is 11.9 Å². The van der Waals surface area contributed by atoms with E-state index < -0.39 is 11.9 Å². The van der Waals surface area contributed by atoms with Gasteiger partial charge in [0.1, 0.15) is 11.5 Å². The van der Waals surface area contributed by atoms with Crippen LogP contribution >= 0.6 is 0 Å². The molecule has 0 amide bonds. The monoisotopic (exact) mass is 416 g/mol. The van der Waals surface area contributed by atoms with Crippen LogP contribution in [0.15, 0.2) is 66.7 Å². The van der Waals surface area contributed by atoms with Crippen LogP contribution in [0.4, 0.5) is 0 Å². The van der Waals surface area contributed by atoms with Gasteiger partial charge in [-0.15, -0.1) is 0 Å². The second kappa shape index (κ2) is 10.1. The third-order valence-corrected chi connectivity index (χ3v) is 5.21. The highest BCUT2D eigenvalue weighted by molar-refractivity contribution is 5.92. The minimum atomic E-state index is -0.418. The topological polar surface area (TPSA) is 52.6 Å². The smallest absolute Gasteiger partial charge is 0.343 e. The number of hydrogen-bond acceptors (Lipinski definition) is 4. The maximum Gasteiger partial charge on any atom is 0.343 e. The highest BCUT2D eigenvalue weighted by atomic mass is 16.5. The van der Waals surface area contributed by atoms with E-state index in [1.54, 1.807) is 42.5 Å². The summed E-state index contributed by atoms with van der Waals surface area (Å²) in [6.07, 6.45) is 1.83. The maximum atomic E-state index is 12.6. The van der Waals surface area contributed by atoms with Crippen molar-refractivity contribution in [2.75, 3.05) is 0 Å². The molecule has 3 rings (SSSR count). The lowest BCUT2D eigenvalue weighted by atomic mass is 10.0. The molecule has 0 unspecified atom stereocenters. The molecule has 0 fully saturated rings. The predicted molar refractivity (Wildman–Crippen MR) is 122 cm³/mol. The first-order chi connectivity index (χ1) is 14.9. The lowest BCUT2D eigenvalue weighted by Gasteiger charge is -2.15. The minimum Gasteiger partial charge on any atom is -0.423 e. The predicted octanol–water partition coefficient (Wildman–Crippen LogP) is 6.37. The number of hydrogen-bond donors (Lipinski definition) is 0. The molecule has 3 aromatic rings. The van der Waals surface area contributed by atoms with Gasteiger partial charge in [0.05, 0.1) is 11.1 Å². The molecule has 3 aromatic carbocycles. The molecule has 0 heterocycles. The van der Waals surface area contributed by atoms with Crippen LogP contribution in [0.25, 0.3) is 0 Å². The van der Waals surface area contributed by atoms with Crippen LogP contribution in [0.3, 0.4) is 0 Å². The van der Waals surface area contributed by atoms with Crippen molar-refractivity contribution < 1.29 is 19.1 Å². The Morgan fingerprint density at radius 1 is 0.710 bits per heavy atom. The summed E-state index contributed by atoms with van der Waals surface area (Å²) in [7, 11) is 0. The van der Waals surface area contributed by atoms with E-state index in [0.717, 1.165) is 29.5 Å². The zero-order valence-electron chi connectivity index (χ0n) is 18.5. The summed E-state index contributed by atoms with van der Waals surface area (Å²) in [6.45, 7) is 8.13. The van der Waals surface area contributed by atoms with Gasteiger partial charge in [-0.05, 0) is 72.4 Å². The van der Waals surface area contributed by atoms with E-state index in [1.807, 2.05) is 38.1 Å².